The number of rotatable bonds is 5. The molecule has 5 heterocycles. The van der Waals surface area contributed by atoms with Crippen LogP contribution >= 0.6 is 0 Å². The molecule has 9 heteroatoms. The molecule has 2 atom stereocenters. The first-order valence-electron chi connectivity index (χ1n) is 13.1. The van der Waals surface area contributed by atoms with Crippen molar-refractivity contribution in [1.29, 1.82) is 0 Å². The summed E-state index contributed by atoms with van der Waals surface area (Å²) < 4.78 is 6.06. The molecule has 2 unspecified atom stereocenters. The number of piperidine rings is 1. The summed E-state index contributed by atoms with van der Waals surface area (Å²) in [6, 6.07) is 10.6. The lowest BCUT2D eigenvalue weighted by atomic mass is 9.86. The number of aliphatic imine (C=N–C) groups is 2. The predicted molar refractivity (Wildman–Crippen MR) is 134 cm³/mol. The number of hydrogen-bond donors (Lipinski definition) is 2. The Balaban J connectivity index is 1.30. The van der Waals surface area contributed by atoms with Gasteiger partial charge in [0.15, 0.2) is 0 Å². The monoisotopic (exact) mass is 478 g/mol. The van der Waals surface area contributed by atoms with Crippen molar-refractivity contribution in [2.24, 2.45) is 15.9 Å². The van der Waals surface area contributed by atoms with Crippen molar-refractivity contribution in [1.82, 2.24) is 20.5 Å². The summed E-state index contributed by atoms with van der Waals surface area (Å²) in [6.07, 6.45) is 4.78. The topological polar surface area (TPSA) is 81.6 Å². The zero-order valence-corrected chi connectivity index (χ0v) is 20.4. The van der Waals surface area contributed by atoms with Gasteiger partial charge in [0.2, 0.25) is 0 Å². The summed E-state index contributed by atoms with van der Waals surface area (Å²) in [5, 5.41) is 3.09. The van der Waals surface area contributed by atoms with Crippen molar-refractivity contribution in [2.75, 3.05) is 65.6 Å². The highest BCUT2D eigenvalue weighted by Crippen LogP contribution is 2.33. The van der Waals surface area contributed by atoms with E-state index in [1.807, 2.05) is 6.07 Å². The van der Waals surface area contributed by atoms with Crippen LogP contribution < -0.4 is 10.7 Å². The smallest absolute Gasteiger partial charge is 0.358 e. The molecule has 6 rings (SSSR count). The predicted octanol–water partition coefficient (Wildman–Crippen LogP) is 1.11. The van der Waals surface area contributed by atoms with Crippen LogP contribution in [0.3, 0.4) is 0 Å². The van der Waals surface area contributed by atoms with Crippen LogP contribution in [0.4, 0.5) is 0 Å². The van der Waals surface area contributed by atoms with Gasteiger partial charge in [-0.1, -0.05) is 36.8 Å². The Morgan fingerprint density at radius 3 is 2.63 bits per heavy atom. The Bertz CT molecular complexity index is 1040. The lowest BCUT2D eigenvalue weighted by molar-refractivity contribution is -0.870. The van der Waals surface area contributed by atoms with Gasteiger partial charge in [0, 0.05) is 31.1 Å². The number of carbonyl (C=O) groups is 1. The van der Waals surface area contributed by atoms with Crippen LogP contribution in [0.5, 0.6) is 0 Å². The molecule has 0 aromatic heterocycles. The zero-order chi connectivity index (χ0) is 23.7. The summed E-state index contributed by atoms with van der Waals surface area (Å²) in [6.45, 7) is 8.63. The Hall–Kier alpha value is -2.75. The first kappa shape index (κ1) is 22.7. The Morgan fingerprint density at radius 1 is 1.03 bits per heavy atom. The van der Waals surface area contributed by atoms with Gasteiger partial charge in [-0.3, -0.25) is 9.69 Å². The summed E-state index contributed by atoms with van der Waals surface area (Å²) in [5.41, 5.74) is 6.80. The minimum absolute atomic E-state index is 0.0688. The van der Waals surface area contributed by atoms with E-state index in [1.165, 1.54) is 24.8 Å². The average Bonchev–Trinajstić information content (AvgIpc) is 3.29. The fraction of sp³-hybridized carbons (Fsp3) is 0.577. The maximum Gasteiger partial charge on any atom is 0.358 e. The summed E-state index contributed by atoms with van der Waals surface area (Å²) >= 11 is 0. The van der Waals surface area contributed by atoms with Gasteiger partial charge in [0.25, 0.3) is 11.9 Å². The van der Waals surface area contributed by atoms with E-state index < -0.39 is 0 Å². The van der Waals surface area contributed by atoms with Gasteiger partial charge in [0.05, 0.1) is 19.8 Å². The van der Waals surface area contributed by atoms with Gasteiger partial charge < -0.3 is 15.0 Å². The van der Waals surface area contributed by atoms with E-state index in [9.17, 15) is 4.79 Å². The Labute approximate surface area is 207 Å². The van der Waals surface area contributed by atoms with Gasteiger partial charge in [-0.25, -0.2) is 0 Å². The number of benzene rings is 1. The molecule has 35 heavy (non-hydrogen) atoms. The summed E-state index contributed by atoms with van der Waals surface area (Å²) in [7, 11) is 0. The molecule has 0 radical (unpaired) electrons. The van der Waals surface area contributed by atoms with Gasteiger partial charge >= 0.3 is 5.96 Å². The van der Waals surface area contributed by atoms with Gasteiger partial charge in [-0.05, 0) is 37.9 Å². The van der Waals surface area contributed by atoms with Crippen molar-refractivity contribution in [3.05, 3.63) is 47.2 Å². The number of likely N-dealkylation sites (tertiary alicyclic amines) is 1. The van der Waals surface area contributed by atoms with Crippen LogP contribution in [-0.2, 0) is 16.0 Å². The standard InChI is InChI=1S/C26H35N7O2/c34-24-23-22(21(18-27-24)17-20-7-3-1-4-8-20)19-33(14-11-31-9-5-2-6-10-31)26(28-23)29-25(30-33)32-12-15-35-16-13-32/h1,3-4,7-8,21H,2,5-6,9-19H2,(H-,27,28,29,30,34)/p+1. The molecule has 0 saturated carbocycles. The first-order chi connectivity index (χ1) is 17.2. The number of quaternary nitrogens is 1. The van der Waals surface area contributed by atoms with Crippen molar-refractivity contribution in [3.8, 4) is 0 Å². The maximum atomic E-state index is 12.9. The van der Waals surface area contributed by atoms with Gasteiger partial charge in [0.1, 0.15) is 18.8 Å². The number of amides is 1. The van der Waals surface area contributed by atoms with Crippen molar-refractivity contribution in [2.45, 2.75) is 25.7 Å². The van der Waals surface area contributed by atoms with Crippen LogP contribution in [0.25, 0.3) is 0 Å². The normalized spacial score (nSPS) is 29.1. The second-order valence-electron chi connectivity index (χ2n) is 10.3. The molecule has 5 aliphatic rings. The van der Waals surface area contributed by atoms with Crippen molar-refractivity contribution in [3.63, 3.8) is 0 Å². The Morgan fingerprint density at radius 2 is 1.83 bits per heavy atom. The molecule has 0 aliphatic carbocycles. The molecule has 0 bridgehead atoms. The number of nitrogens with zero attached hydrogens (tertiary/aromatic N) is 5. The average molecular weight is 479 g/mol. The van der Waals surface area contributed by atoms with E-state index in [0.717, 1.165) is 69.7 Å². The highest BCUT2D eigenvalue weighted by atomic mass is 16.5. The molecule has 186 valence electrons. The fourth-order valence-electron chi connectivity index (χ4n) is 5.91. The second-order valence-corrected chi connectivity index (χ2v) is 10.3. The molecule has 2 N–H and O–H groups in total. The van der Waals surface area contributed by atoms with E-state index in [4.69, 9.17) is 14.7 Å². The number of hydrogen-bond acceptors (Lipinski definition) is 7. The molecule has 2 fully saturated rings. The van der Waals surface area contributed by atoms with E-state index in [1.54, 1.807) is 0 Å². The number of morpholine rings is 1. The highest BCUT2D eigenvalue weighted by molar-refractivity contribution is 6.02. The highest BCUT2D eigenvalue weighted by Gasteiger charge is 2.50. The van der Waals surface area contributed by atoms with Crippen molar-refractivity contribution >= 4 is 17.8 Å². The van der Waals surface area contributed by atoms with Gasteiger partial charge in [-0.15, -0.1) is 4.99 Å². The van der Waals surface area contributed by atoms with Crippen LogP contribution in [0.15, 0.2) is 51.6 Å². The fourth-order valence-corrected chi connectivity index (χ4v) is 5.91. The molecule has 5 aliphatic heterocycles. The van der Waals surface area contributed by atoms with Crippen LogP contribution in [-0.4, -0.2) is 97.8 Å². The molecular formula is C26H36N7O2+. The van der Waals surface area contributed by atoms with Gasteiger partial charge in [-0.2, -0.15) is 15.0 Å². The summed E-state index contributed by atoms with van der Waals surface area (Å²) in [4.78, 5) is 27.7. The number of ether oxygens (including phenoxy) is 1. The molecule has 1 aromatic rings. The number of nitrogens with one attached hydrogen (secondary N) is 2. The third kappa shape index (κ3) is 4.60. The molecule has 1 amide bonds. The minimum atomic E-state index is -0.0688. The lowest BCUT2D eigenvalue weighted by Crippen LogP contribution is -2.66. The quantitative estimate of drug-likeness (QED) is 0.620. The molecule has 0 spiro atoms. The first-order valence-corrected chi connectivity index (χ1v) is 13.1. The van der Waals surface area contributed by atoms with Crippen LogP contribution in [0, 0.1) is 5.92 Å². The number of guanidine groups is 2. The van der Waals surface area contributed by atoms with E-state index in [2.05, 4.69) is 44.8 Å². The zero-order valence-electron chi connectivity index (χ0n) is 20.4. The largest absolute Gasteiger partial charge is 0.378 e. The van der Waals surface area contributed by atoms with Crippen LogP contribution in [0.1, 0.15) is 24.8 Å². The van der Waals surface area contributed by atoms with E-state index in [0.29, 0.717) is 30.0 Å². The molecule has 1 aromatic carbocycles. The molecule has 2 saturated heterocycles. The van der Waals surface area contributed by atoms with Crippen molar-refractivity contribution < 1.29 is 14.1 Å². The maximum absolute atomic E-state index is 12.9. The second kappa shape index (κ2) is 9.72. The third-order valence-electron chi connectivity index (χ3n) is 7.96. The molecule has 9 nitrogen and oxygen atoms in total. The Kier molecular flexibility index (Phi) is 6.30. The third-order valence-corrected chi connectivity index (χ3v) is 7.96. The SMILES string of the molecule is O=C1NCC(Cc2ccccc2)C2=C1N=C1N=C(N3CCOCC3)N[N+]1(CCN1CCCCC1)C2. The number of carbonyl (C=O) groups excluding carboxylic acids is 1. The van der Waals surface area contributed by atoms with E-state index >= 15 is 0 Å². The molecular weight excluding hydrogens is 442 g/mol. The summed E-state index contributed by atoms with van der Waals surface area (Å²) in [5.74, 6) is 1.75. The minimum Gasteiger partial charge on any atom is -0.378 e. The van der Waals surface area contributed by atoms with E-state index in [-0.39, 0.29) is 11.8 Å². The van der Waals surface area contributed by atoms with Crippen LogP contribution in [0.2, 0.25) is 0 Å². The number of fused-ring (bicyclic) bond motifs is 1. The lowest BCUT2D eigenvalue weighted by Gasteiger charge is -2.40.